The number of amides is 1. The third-order valence-electron chi connectivity index (χ3n) is 3.68. The SMILES string of the molecule is COc1cccc(C(C)CC(=O)NC(C)C(C)CO)c1. The second-order valence-electron chi connectivity index (χ2n) is 5.40. The third-order valence-corrected chi connectivity index (χ3v) is 3.68. The van der Waals surface area contributed by atoms with Crippen molar-refractivity contribution in [3.63, 3.8) is 0 Å². The number of hydrogen-bond acceptors (Lipinski definition) is 3. The van der Waals surface area contributed by atoms with Crippen molar-refractivity contribution in [3.05, 3.63) is 29.8 Å². The van der Waals surface area contributed by atoms with Crippen LogP contribution >= 0.6 is 0 Å². The number of aliphatic hydroxyl groups is 1. The number of hydrogen-bond donors (Lipinski definition) is 2. The molecule has 0 fully saturated rings. The van der Waals surface area contributed by atoms with Crippen LogP contribution < -0.4 is 10.1 Å². The molecule has 2 N–H and O–H groups in total. The summed E-state index contributed by atoms with van der Waals surface area (Å²) in [4.78, 5) is 12.0. The van der Waals surface area contributed by atoms with Crippen LogP contribution in [-0.4, -0.2) is 30.8 Å². The summed E-state index contributed by atoms with van der Waals surface area (Å²) in [7, 11) is 1.63. The van der Waals surface area contributed by atoms with Crippen LogP contribution in [0, 0.1) is 5.92 Å². The molecule has 3 atom stereocenters. The fourth-order valence-electron chi connectivity index (χ4n) is 1.96. The minimum atomic E-state index is -0.0231. The average molecular weight is 279 g/mol. The van der Waals surface area contributed by atoms with Crippen LogP contribution in [0.15, 0.2) is 24.3 Å². The van der Waals surface area contributed by atoms with Crippen molar-refractivity contribution < 1.29 is 14.6 Å². The summed E-state index contributed by atoms with van der Waals surface area (Å²) in [6.45, 7) is 5.92. The number of nitrogens with one attached hydrogen (secondary N) is 1. The Morgan fingerprint density at radius 2 is 2.05 bits per heavy atom. The molecule has 0 bridgehead atoms. The van der Waals surface area contributed by atoms with Gasteiger partial charge in [0.05, 0.1) is 7.11 Å². The van der Waals surface area contributed by atoms with Crippen LogP contribution in [0.5, 0.6) is 5.75 Å². The zero-order chi connectivity index (χ0) is 15.1. The summed E-state index contributed by atoms with van der Waals surface area (Å²) in [6.07, 6.45) is 0.426. The molecule has 0 saturated carbocycles. The highest BCUT2D eigenvalue weighted by Crippen LogP contribution is 2.23. The Morgan fingerprint density at radius 1 is 1.35 bits per heavy atom. The zero-order valence-electron chi connectivity index (χ0n) is 12.7. The fraction of sp³-hybridized carbons (Fsp3) is 0.562. The van der Waals surface area contributed by atoms with Crippen LogP contribution in [0.3, 0.4) is 0 Å². The first kappa shape index (κ1) is 16.5. The first-order valence-corrected chi connectivity index (χ1v) is 7.02. The van der Waals surface area contributed by atoms with Gasteiger partial charge in [0, 0.05) is 19.1 Å². The Bertz CT molecular complexity index is 433. The van der Waals surface area contributed by atoms with Gasteiger partial charge in [0.2, 0.25) is 5.91 Å². The first-order valence-electron chi connectivity index (χ1n) is 7.02. The van der Waals surface area contributed by atoms with Crippen LogP contribution in [0.2, 0.25) is 0 Å². The fourth-order valence-corrected chi connectivity index (χ4v) is 1.96. The Labute approximate surface area is 121 Å². The van der Waals surface area contributed by atoms with Gasteiger partial charge in [0.1, 0.15) is 5.75 Å². The van der Waals surface area contributed by atoms with Gasteiger partial charge in [-0.1, -0.05) is 26.0 Å². The van der Waals surface area contributed by atoms with Gasteiger partial charge in [-0.05, 0) is 36.5 Å². The molecule has 0 aliphatic rings. The summed E-state index contributed by atoms with van der Waals surface area (Å²) in [5.74, 6) is 0.998. The van der Waals surface area contributed by atoms with Gasteiger partial charge in [-0.2, -0.15) is 0 Å². The quantitative estimate of drug-likeness (QED) is 0.805. The monoisotopic (exact) mass is 279 g/mol. The number of rotatable bonds is 7. The van der Waals surface area contributed by atoms with Crippen LogP contribution in [0.4, 0.5) is 0 Å². The molecule has 1 aromatic rings. The Hall–Kier alpha value is -1.55. The van der Waals surface area contributed by atoms with Gasteiger partial charge in [-0.25, -0.2) is 0 Å². The molecule has 112 valence electrons. The van der Waals surface area contributed by atoms with E-state index in [1.807, 2.05) is 45.0 Å². The largest absolute Gasteiger partial charge is 0.497 e. The van der Waals surface area contributed by atoms with Gasteiger partial charge in [-0.15, -0.1) is 0 Å². The highest BCUT2D eigenvalue weighted by atomic mass is 16.5. The van der Waals surface area contributed by atoms with Crippen molar-refractivity contribution in [2.24, 2.45) is 5.92 Å². The predicted octanol–water partition coefficient (Wildman–Crippen LogP) is 2.32. The second kappa shape index (κ2) is 7.90. The molecule has 1 rings (SSSR count). The lowest BCUT2D eigenvalue weighted by molar-refractivity contribution is -0.122. The smallest absolute Gasteiger partial charge is 0.220 e. The van der Waals surface area contributed by atoms with Crippen molar-refractivity contribution in [2.75, 3.05) is 13.7 Å². The van der Waals surface area contributed by atoms with Crippen molar-refractivity contribution >= 4 is 5.91 Å². The van der Waals surface area contributed by atoms with Crippen LogP contribution in [0.1, 0.15) is 38.7 Å². The summed E-state index contributed by atoms with van der Waals surface area (Å²) < 4.78 is 5.19. The lowest BCUT2D eigenvalue weighted by Crippen LogP contribution is -2.38. The van der Waals surface area contributed by atoms with E-state index in [0.717, 1.165) is 11.3 Å². The van der Waals surface area contributed by atoms with E-state index in [4.69, 9.17) is 9.84 Å². The predicted molar refractivity (Wildman–Crippen MR) is 79.9 cm³/mol. The maximum Gasteiger partial charge on any atom is 0.220 e. The highest BCUT2D eigenvalue weighted by Gasteiger charge is 2.16. The number of ether oxygens (including phenoxy) is 1. The zero-order valence-corrected chi connectivity index (χ0v) is 12.7. The van der Waals surface area contributed by atoms with Gasteiger partial charge >= 0.3 is 0 Å². The van der Waals surface area contributed by atoms with Gasteiger partial charge < -0.3 is 15.2 Å². The number of aliphatic hydroxyl groups excluding tert-OH is 1. The van der Waals surface area contributed by atoms with Gasteiger partial charge in [0.25, 0.3) is 0 Å². The van der Waals surface area contributed by atoms with E-state index in [1.54, 1.807) is 7.11 Å². The topological polar surface area (TPSA) is 58.6 Å². The third kappa shape index (κ3) is 4.85. The molecule has 4 nitrogen and oxygen atoms in total. The maximum atomic E-state index is 12.0. The van der Waals surface area contributed by atoms with E-state index < -0.39 is 0 Å². The molecule has 0 radical (unpaired) electrons. The molecule has 3 unspecified atom stereocenters. The maximum absolute atomic E-state index is 12.0. The Balaban J connectivity index is 2.56. The van der Waals surface area contributed by atoms with E-state index in [2.05, 4.69) is 5.32 Å². The molecule has 0 aromatic heterocycles. The lowest BCUT2D eigenvalue weighted by atomic mass is 9.96. The highest BCUT2D eigenvalue weighted by molar-refractivity contribution is 5.77. The first-order chi connectivity index (χ1) is 9.47. The molecule has 20 heavy (non-hydrogen) atoms. The Morgan fingerprint density at radius 3 is 2.65 bits per heavy atom. The van der Waals surface area contributed by atoms with Gasteiger partial charge in [0.15, 0.2) is 0 Å². The molecule has 0 saturated heterocycles. The van der Waals surface area contributed by atoms with Crippen molar-refractivity contribution in [1.29, 1.82) is 0 Å². The number of carbonyl (C=O) groups is 1. The van der Waals surface area contributed by atoms with E-state index in [-0.39, 0.29) is 30.4 Å². The molecule has 4 heteroatoms. The summed E-state index contributed by atoms with van der Waals surface area (Å²) in [5, 5.41) is 12.0. The molecule has 1 aromatic carbocycles. The minimum Gasteiger partial charge on any atom is -0.497 e. The van der Waals surface area contributed by atoms with E-state index in [0.29, 0.717) is 6.42 Å². The molecule has 0 aliphatic carbocycles. The lowest BCUT2D eigenvalue weighted by Gasteiger charge is -2.20. The normalized spacial score (nSPS) is 15.2. The molecule has 0 heterocycles. The number of benzene rings is 1. The van der Waals surface area contributed by atoms with Crippen LogP contribution in [-0.2, 0) is 4.79 Å². The number of methoxy groups -OCH3 is 1. The summed E-state index contributed by atoms with van der Waals surface area (Å²) >= 11 is 0. The average Bonchev–Trinajstić information content (AvgIpc) is 2.46. The number of carbonyl (C=O) groups excluding carboxylic acids is 1. The molecule has 1 amide bonds. The van der Waals surface area contributed by atoms with Crippen molar-refractivity contribution in [3.8, 4) is 5.75 Å². The summed E-state index contributed by atoms with van der Waals surface area (Å²) in [6, 6.07) is 7.75. The molecule has 0 spiro atoms. The van der Waals surface area contributed by atoms with Crippen molar-refractivity contribution in [1.82, 2.24) is 5.32 Å². The van der Waals surface area contributed by atoms with Crippen molar-refractivity contribution in [2.45, 2.75) is 39.2 Å². The Kier molecular flexibility index (Phi) is 6.52. The van der Waals surface area contributed by atoms with Gasteiger partial charge in [-0.3, -0.25) is 4.79 Å². The second-order valence-corrected chi connectivity index (χ2v) is 5.40. The molecule has 0 aliphatic heterocycles. The van der Waals surface area contributed by atoms with E-state index >= 15 is 0 Å². The van der Waals surface area contributed by atoms with E-state index in [1.165, 1.54) is 0 Å². The molecular formula is C16H25NO3. The summed E-state index contributed by atoms with van der Waals surface area (Å²) in [5.41, 5.74) is 1.09. The van der Waals surface area contributed by atoms with Crippen LogP contribution in [0.25, 0.3) is 0 Å². The minimum absolute atomic E-state index is 0.00752. The molecular weight excluding hydrogens is 254 g/mol. The standard InChI is InChI=1S/C16H25NO3/c1-11(14-6-5-7-15(9-14)20-4)8-16(19)17-13(3)12(2)10-18/h5-7,9,11-13,18H,8,10H2,1-4H3,(H,17,19). The van der Waals surface area contributed by atoms with E-state index in [9.17, 15) is 4.79 Å².